The molecule has 0 fully saturated rings. The summed E-state index contributed by atoms with van der Waals surface area (Å²) in [6, 6.07) is 0. The van der Waals surface area contributed by atoms with Gasteiger partial charge in [0.15, 0.2) is 0 Å². The van der Waals surface area contributed by atoms with E-state index in [2.05, 4.69) is 5.32 Å². The topological polar surface area (TPSA) is 122 Å². The summed E-state index contributed by atoms with van der Waals surface area (Å²) >= 11 is 0. The van der Waals surface area contributed by atoms with Gasteiger partial charge in [0.1, 0.15) is 0 Å². The molecule has 0 aromatic rings. The summed E-state index contributed by atoms with van der Waals surface area (Å²) in [5.41, 5.74) is 10.5. The molecule has 0 aromatic carbocycles. The van der Waals surface area contributed by atoms with E-state index in [9.17, 15) is 9.59 Å². The Morgan fingerprint density at radius 3 is 2.35 bits per heavy atom. The third-order valence-electron chi connectivity index (χ3n) is 2.21. The second-order valence-electron chi connectivity index (χ2n) is 3.67. The van der Waals surface area contributed by atoms with E-state index in [1.165, 1.54) is 0 Å². The van der Waals surface area contributed by atoms with E-state index in [0.29, 0.717) is 32.6 Å². The Kier molecular flexibility index (Phi) is 9.31. The van der Waals surface area contributed by atoms with Crippen LogP contribution in [-0.4, -0.2) is 61.2 Å². The molecule has 0 rings (SSSR count). The fourth-order valence-electron chi connectivity index (χ4n) is 1.33. The normalized spacial score (nSPS) is 10.5. The van der Waals surface area contributed by atoms with E-state index in [4.69, 9.17) is 16.6 Å². The largest absolute Gasteiger partial charge is 0.395 e. The lowest BCUT2D eigenvalue weighted by molar-refractivity contribution is -0.121. The van der Waals surface area contributed by atoms with E-state index in [1.54, 1.807) is 0 Å². The first-order valence-corrected chi connectivity index (χ1v) is 5.68. The predicted molar refractivity (Wildman–Crippen MR) is 64.0 cm³/mol. The Morgan fingerprint density at radius 2 is 1.82 bits per heavy atom. The number of nitrogens with one attached hydrogen (secondary N) is 1. The van der Waals surface area contributed by atoms with E-state index >= 15 is 0 Å². The number of hydrogen-bond donors (Lipinski definition) is 4. The molecule has 0 aliphatic carbocycles. The Bertz CT molecular complexity index is 236. The Morgan fingerprint density at radius 1 is 1.18 bits per heavy atom. The van der Waals surface area contributed by atoms with Crippen LogP contribution in [0.15, 0.2) is 0 Å². The van der Waals surface area contributed by atoms with Gasteiger partial charge in [-0.2, -0.15) is 0 Å². The molecule has 7 heteroatoms. The summed E-state index contributed by atoms with van der Waals surface area (Å²) in [6.45, 7) is 2.33. The molecule has 0 spiro atoms. The second kappa shape index (κ2) is 10.0. The van der Waals surface area contributed by atoms with Crippen molar-refractivity contribution in [2.75, 3.05) is 39.3 Å². The minimum Gasteiger partial charge on any atom is -0.395 e. The maximum Gasteiger partial charge on any atom is 0.221 e. The molecule has 0 radical (unpaired) electrons. The quantitative estimate of drug-likeness (QED) is 0.343. The molecule has 100 valence electrons. The highest BCUT2D eigenvalue weighted by atomic mass is 16.3. The molecule has 0 atom stereocenters. The van der Waals surface area contributed by atoms with Gasteiger partial charge in [-0.3, -0.25) is 9.59 Å². The van der Waals surface area contributed by atoms with Crippen molar-refractivity contribution in [1.82, 2.24) is 10.2 Å². The summed E-state index contributed by atoms with van der Waals surface area (Å²) in [5.74, 6) is -0.489. The van der Waals surface area contributed by atoms with Gasteiger partial charge < -0.3 is 26.8 Å². The summed E-state index contributed by atoms with van der Waals surface area (Å²) in [6.07, 6.45) is 0.580. The van der Waals surface area contributed by atoms with Crippen molar-refractivity contribution in [3.63, 3.8) is 0 Å². The number of nitrogens with zero attached hydrogens (tertiary/aromatic N) is 1. The van der Waals surface area contributed by atoms with Crippen LogP contribution in [0.4, 0.5) is 0 Å². The fraction of sp³-hybridized carbons (Fsp3) is 0.800. The minimum atomic E-state index is -0.364. The van der Waals surface area contributed by atoms with Crippen molar-refractivity contribution >= 4 is 11.8 Å². The van der Waals surface area contributed by atoms with Crippen LogP contribution < -0.4 is 16.8 Å². The highest BCUT2D eigenvalue weighted by molar-refractivity contribution is 5.76. The van der Waals surface area contributed by atoms with Crippen LogP contribution in [0.2, 0.25) is 0 Å². The van der Waals surface area contributed by atoms with E-state index in [1.807, 2.05) is 4.90 Å². The second-order valence-corrected chi connectivity index (χ2v) is 3.67. The molecule has 0 aliphatic heterocycles. The Balaban J connectivity index is 3.82. The molecular weight excluding hydrogens is 224 g/mol. The first-order chi connectivity index (χ1) is 8.10. The lowest BCUT2D eigenvalue weighted by Gasteiger charge is -2.20. The maximum atomic E-state index is 11.3. The lowest BCUT2D eigenvalue weighted by Crippen LogP contribution is -2.36. The number of carbonyl (C=O) groups is 2. The molecule has 0 heterocycles. The molecular formula is C10H22N4O3. The van der Waals surface area contributed by atoms with Gasteiger partial charge in [0.25, 0.3) is 0 Å². The van der Waals surface area contributed by atoms with Crippen LogP contribution in [0, 0.1) is 0 Å². The highest BCUT2D eigenvalue weighted by Crippen LogP contribution is 1.93. The summed E-state index contributed by atoms with van der Waals surface area (Å²) in [4.78, 5) is 23.8. The van der Waals surface area contributed by atoms with Crippen LogP contribution in [0.25, 0.3) is 0 Å². The van der Waals surface area contributed by atoms with Crippen molar-refractivity contribution in [2.24, 2.45) is 11.5 Å². The van der Waals surface area contributed by atoms with Gasteiger partial charge >= 0.3 is 0 Å². The average Bonchev–Trinajstić information content (AvgIpc) is 2.29. The lowest BCUT2D eigenvalue weighted by atomic mass is 10.3. The Hall–Kier alpha value is -1.18. The number of primary amides is 1. The van der Waals surface area contributed by atoms with Gasteiger partial charge in [-0.25, -0.2) is 0 Å². The molecule has 2 amide bonds. The molecule has 6 N–H and O–H groups in total. The molecule has 0 aliphatic rings. The maximum absolute atomic E-state index is 11.3. The van der Waals surface area contributed by atoms with Crippen LogP contribution >= 0.6 is 0 Å². The van der Waals surface area contributed by atoms with Crippen LogP contribution in [0.1, 0.15) is 12.8 Å². The van der Waals surface area contributed by atoms with E-state index in [0.717, 1.165) is 0 Å². The number of aliphatic hydroxyl groups is 1. The standard InChI is InChI=1S/C10H22N4O3/c11-3-7-14(5-1-9(12)16)6-2-10(17)13-4-8-15/h15H,1-8,11H2,(H2,12,16)(H,13,17). The molecule has 17 heavy (non-hydrogen) atoms. The SMILES string of the molecule is NCCN(CCC(N)=O)CCC(=O)NCCO. The number of rotatable bonds is 10. The fourth-order valence-corrected chi connectivity index (χ4v) is 1.33. The van der Waals surface area contributed by atoms with Crippen molar-refractivity contribution in [3.8, 4) is 0 Å². The predicted octanol–water partition coefficient (Wildman–Crippen LogP) is -2.38. The minimum absolute atomic E-state index is 0.0695. The molecule has 0 aromatic heterocycles. The number of hydrogen-bond acceptors (Lipinski definition) is 5. The summed E-state index contributed by atoms with van der Waals surface area (Å²) in [7, 11) is 0. The zero-order chi connectivity index (χ0) is 13.1. The summed E-state index contributed by atoms with van der Waals surface area (Å²) < 4.78 is 0. The van der Waals surface area contributed by atoms with Crippen LogP contribution in [0.3, 0.4) is 0 Å². The first-order valence-electron chi connectivity index (χ1n) is 5.68. The molecule has 0 saturated heterocycles. The zero-order valence-electron chi connectivity index (χ0n) is 10.0. The van der Waals surface area contributed by atoms with Gasteiger partial charge in [-0.15, -0.1) is 0 Å². The number of amides is 2. The van der Waals surface area contributed by atoms with Gasteiger partial charge in [-0.05, 0) is 0 Å². The zero-order valence-corrected chi connectivity index (χ0v) is 10.0. The number of nitrogens with two attached hydrogens (primary N) is 2. The van der Waals surface area contributed by atoms with Gasteiger partial charge in [-0.1, -0.05) is 0 Å². The van der Waals surface area contributed by atoms with Gasteiger partial charge in [0, 0.05) is 45.6 Å². The number of carbonyl (C=O) groups excluding carboxylic acids is 2. The smallest absolute Gasteiger partial charge is 0.221 e. The first kappa shape index (κ1) is 15.8. The molecule has 0 bridgehead atoms. The van der Waals surface area contributed by atoms with Crippen LogP contribution in [-0.2, 0) is 9.59 Å². The van der Waals surface area contributed by atoms with Gasteiger partial charge in [0.2, 0.25) is 11.8 Å². The van der Waals surface area contributed by atoms with E-state index < -0.39 is 0 Å². The third kappa shape index (κ3) is 9.73. The van der Waals surface area contributed by atoms with E-state index in [-0.39, 0.29) is 31.4 Å². The van der Waals surface area contributed by atoms with Crippen molar-refractivity contribution in [2.45, 2.75) is 12.8 Å². The van der Waals surface area contributed by atoms with Crippen molar-refractivity contribution in [3.05, 3.63) is 0 Å². The van der Waals surface area contributed by atoms with Crippen molar-refractivity contribution < 1.29 is 14.7 Å². The third-order valence-corrected chi connectivity index (χ3v) is 2.21. The van der Waals surface area contributed by atoms with Crippen LogP contribution in [0.5, 0.6) is 0 Å². The number of aliphatic hydroxyl groups excluding tert-OH is 1. The summed E-state index contributed by atoms with van der Waals surface area (Å²) in [5, 5.41) is 11.1. The van der Waals surface area contributed by atoms with Crippen molar-refractivity contribution in [1.29, 1.82) is 0 Å². The Labute approximate surface area is 101 Å². The monoisotopic (exact) mass is 246 g/mol. The van der Waals surface area contributed by atoms with Gasteiger partial charge in [0.05, 0.1) is 6.61 Å². The molecule has 7 nitrogen and oxygen atoms in total. The molecule has 0 saturated carbocycles. The molecule has 0 unspecified atom stereocenters. The highest BCUT2D eigenvalue weighted by Gasteiger charge is 2.08. The average molecular weight is 246 g/mol.